The van der Waals surface area contributed by atoms with Crippen molar-refractivity contribution < 1.29 is 9.53 Å². The van der Waals surface area contributed by atoms with E-state index >= 15 is 0 Å². The van der Waals surface area contributed by atoms with Crippen LogP contribution in [-0.4, -0.2) is 16.7 Å². The third-order valence-electron chi connectivity index (χ3n) is 1.78. The summed E-state index contributed by atoms with van der Waals surface area (Å²) in [5.41, 5.74) is 0.379. The monoisotopic (exact) mass is 266 g/mol. The summed E-state index contributed by atoms with van der Waals surface area (Å²) in [6.45, 7) is 7.05. The summed E-state index contributed by atoms with van der Waals surface area (Å²) in [7, 11) is 0. The maximum atomic E-state index is 11.6. The molecule has 0 aromatic carbocycles. The molecule has 1 rings (SSSR count). The number of halogens is 1. The van der Waals surface area contributed by atoms with E-state index in [-0.39, 0.29) is 0 Å². The van der Waals surface area contributed by atoms with Crippen molar-refractivity contribution in [1.29, 1.82) is 0 Å². The zero-order valence-corrected chi connectivity index (χ0v) is 11.6. The molecule has 0 radical (unpaired) electrons. The minimum absolute atomic E-state index is 0.352. The van der Waals surface area contributed by atoms with Crippen LogP contribution in [0.4, 0.5) is 10.5 Å². The van der Waals surface area contributed by atoms with Crippen LogP contribution in [0.25, 0.3) is 0 Å². The van der Waals surface area contributed by atoms with Gasteiger partial charge in [0, 0.05) is 6.20 Å². The van der Waals surface area contributed by atoms with Crippen LogP contribution in [0.3, 0.4) is 0 Å². The van der Waals surface area contributed by atoms with Crippen molar-refractivity contribution in [1.82, 2.24) is 4.98 Å². The van der Waals surface area contributed by atoms with Gasteiger partial charge in [0.2, 0.25) is 0 Å². The van der Waals surface area contributed by atoms with Crippen molar-refractivity contribution in [2.45, 2.75) is 33.3 Å². The fourth-order valence-corrected chi connectivity index (χ4v) is 1.36. The van der Waals surface area contributed by atoms with Gasteiger partial charge in [-0.3, -0.25) is 10.3 Å². The van der Waals surface area contributed by atoms with Crippen molar-refractivity contribution in [3.63, 3.8) is 0 Å². The van der Waals surface area contributed by atoms with E-state index in [1.807, 2.05) is 0 Å². The zero-order valence-electron chi connectivity index (χ0n) is 10.8. The number of anilines is 1. The van der Waals surface area contributed by atoms with E-state index in [0.29, 0.717) is 16.3 Å². The Morgan fingerprint density at radius 2 is 2.11 bits per heavy atom. The molecule has 0 fully saturated rings. The van der Waals surface area contributed by atoms with Crippen LogP contribution >= 0.6 is 11.6 Å². The number of aromatic nitrogens is 1. The van der Waals surface area contributed by atoms with Crippen LogP contribution < -0.4 is 5.32 Å². The number of pyridine rings is 1. The topological polar surface area (TPSA) is 51.2 Å². The van der Waals surface area contributed by atoms with Crippen LogP contribution in [0.5, 0.6) is 0 Å². The molecule has 0 spiro atoms. The van der Waals surface area contributed by atoms with E-state index in [1.54, 1.807) is 33.9 Å². The van der Waals surface area contributed by atoms with Gasteiger partial charge in [0.1, 0.15) is 5.60 Å². The zero-order chi connectivity index (χ0) is 13.8. The second-order valence-corrected chi connectivity index (χ2v) is 4.93. The summed E-state index contributed by atoms with van der Waals surface area (Å²) >= 11 is 6.09. The quantitative estimate of drug-likeness (QED) is 0.792. The fraction of sp³-hybridized carbons (Fsp3) is 0.385. The van der Waals surface area contributed by atoms with Gasteiger partial charge in [0.05, 0.1) is 22.5 Å². The molecular formula is C13H15ClN2O2. The van der Waals surface area contributed by atoms with Gasteiger partial charge in [-0.2, -0.15) is 0 Å². The number of carbonyl (C=O) groups is 1. The summed E-state index contributed by atoms with van der Waals surface area (Å²) in [6.07, 6.45) is 2.42. The van der Waals surface area contributed by atoms with Crippen LogP contribution in [0.15, 0.2) is 12.4 Å². The molecule has 0 saturated carbocycles. The number of nitrogens with zero attached hydrogens (tertiary/aromatic N) is 1. The second kappa shape index (κ2) is 5.74. The van der Waals surface area contributed by atoms with Gasteiger partial charge in [-0.15, -0.1) is 5.92 Å². The van der Waals surface area contributed by atoms with Gasteiger partial charge < -0.3 is 4.74 Å². The molecule has 5 heteroatoms. The Bertz CT molecular complexity index is 510. The van der Waals surface area contributed by atoms with E-state index in [2.05, 4.69) is 22.1 Å². The third-order valence-corrected chi connectivity index (χ3v) is 2.18. The first kappa shape index (κ1) is 14.3. The molecule has 0 atom stereocenters. The molecule has 0 bridgehead atoms. The lowest BCUT2D eigenvalue weighted by Gasteiger charge is -2.19. The van der Waals surface area contributed by atoms with E-state index in [9.17, 15) is 4.79 Å². The fourth-order valence-electron chi connectivity index (χ4n) is 1.17. The van der Waals surface area contributed by atoms with Gasteiger partial charge in [0.25, 0.3) is 0 Å². The maximum Gasteiger partial charge on any atom is 0.412 e. The highest BCUT2D eigenvalue weighted by molar-refractivity contribution is 6.34. The molecule has 0 saturated heterocycles. The molecule has 18 heavy (non-hydrogen) atoms. The summed E-state index contributed by atoms with van der Waals surface area (Å²) in [6, 6.07) is 0. The number of ether oxygens (including phenoxy) is 1. The molecule has 0 aliphatic carbocycles. The molecule has 96 valence electrons. The standard InChI is InChI=1S/C13H15ClN2O2/c1-5-6-9-7-15-8-10(11(9)14)16-12(17)18-13(2,3)4/h7-8H,1-4H3,(H,16,17). The third kappa shape index (κ3) is 4.27. The summed E-state index contributed by atoms with van der Waals surface area (Å²) in [5, 5.41) is 2.89. The number of amides is 1. The molecule has 1 amide bonds. The van der Waals surface area contributed by atoms with E-state index in [0.717, 1.165) is 0 Å². The summed E-state index contributed by atoms with van der Waals surface area (Å²) < 4.78 is 5.12. The minimum Gasteiger partial charge on any atom is -0.444 e. The maximum absolute atomic E-state index is 11.6. The van der Waals surface area contributed by atoms with Crippen LogP contribution in [-0.2, 0) is 4.74 Å². The molecule has 4 nitrogen and oxygen atoms in total. The number of nitrogens with one attached hydrogen (secondary N) is 1. The van der Waals surface area contributed by atoms with Gasteiger partial charge >= 0.3 is 6.09 Å². The molecule has 1 N–H and O–H groups in total. The first-order chi connectivity index (χ1) is 8.33. The second-order valence-electron chi connectivity index (χ2n) is 4.55. The molecule has 1 aromatic heterocycles. The molecule has 0 unspecified atom stereocenters. The largest absolute Gasteiger partial charge is 0.444 e. The highest BCUT2D eigenvalue weighted by Crippen LogP contribution is 2.24. The lowest BCUT2D eigenvalue weighted by Crippen LogP contribution is -2.27. The Hall–Kier alpha value is -1.73. The molecule has 0 aliphatic rings. The van der Waals surface area contributed by atoms with Crippen LogP contribution in [0.2, 0.25) is 5.02 Å². The van der Waals surface area contributed by atoms with Crippen molar-refractivity contribution >= 4 is 23.4 Å². The van der Waals surface area contributed by atoms with Crippen molar-refractivity contribution in [3.8, 4) is 11.8 Å². The highest BCUT2D eigenvalue weighted by atomic mass is 35.5. The smallest absolute Gasteiger partial charge is 0.412 e. The van der Waals surface area contributed by atoms with E-state index in [4.69, 9.17) is 16.3 Å². The number of hydrogen-bond acceptors (Lipinski definition) is 3. The van der Waals surface area contributed by atoms with Crippen LogP contribution in [0.1, 0.15) is 33.3 Å². The Labute approximate surface area is 112 Å². The summed E-state index contributed by atoms with van der Waals surface area (Å²) in [5.74, 6) is 5.53. The van der Waals surface area contributed by atoms with E-state index in [1.165, 1.54) is 6.20 Å². The Balaban J connectivity index is 2.88. The highest BCUT2D eigenvalue weighted by Gasteiger charge is 2.17. The van der Waals surface area contributed by atoms with Crippen molar-refractivity contribution in [2.24, 2.45) is 0 Å². The Morgan fingerprint density at radius 3 is 2.67 bits per heavy atom. The van der Waals surface area contributed by atoms with Gasteiger partial charge in [-0.25, -0.2) is 4.79 Å². The SMILES string of the molecule is CC#Cc1cncc(NC(=O)OC(C)(C)C)c1Cl. The van der Waals surface area contributed by atoms with Crippen molar-refractivity contribution in [3.05, 3.63) is 23.0 Å². The Kier molecular flexibility index (Phi) is 4.57. The van der Waals surface area contributed by atoms with Gasteiger partial charge in [0.15, 0.2) is 0 Å². The van der Waals surface area contributed by atoms with Crippen LogP contribution in [0, 0.1) is 11.8 Å². The van der Waals surface area contributed by atoms with Gasteiger partial charge in [-0.1, -0.05) is 17.5 Å². The minimum atomic E-state index is -0.576. The molecule has 1 aromatic rings. The normalized spacial score (nSPS) is 10.3. The lowest BCUT2D eigenvalue weighted by molar-refractivity contribution is 0.0636. The van der Waals surface area contributed by atoms with Gasteiger partial charge in [-0.05, 0) is 27.7 Å². The Morgan fingerprint density at radius 1 is 1.44 bits per heavy atom. The average molecular weight is 267 g/mol. The lowest BCUT2D eigenvalue weighted by atomic mass is 10.2. The van der Waals surface area contributed by atoms with Crippen molar-refractivity contribution in [2.75, 3.05) is 5.32 Å². The van der Waals surface area contributed by atoms with E-state index < -0.39 is 11.7 Å². The summed E-state index contributed by atoms with van der Waals surface area (Å²) in [4.78, 5) is 15.6. The molecule has 0 aliphatic heterocycles. The average Bonchev–Trinajstić information content (AvgIpc) is 2.21. The first-order valence-corrected chi connectivity index (χ1v) is 5.77. The predicted octanol–water partition coefficient (Wildman–Crippen LogP) is 3.45. The first-order valence-electron chi connectivity index (χ1n) is 5.40. The molecular weight excluding hydrogens is 252 g/mol. The number of rotatable bonds is 1. The predicted molar refractivity (Wildman–Crippen MR) is 71.7 cm³/mol. The molecule has 1 heterocycles. The number of hydrogen-bond donors (Lipinski definition) is 1. The number of carbonyl (C=O) groups excluding carboxylic acids is 1.